The molecule has 1 aliphatic rings. The number of hydrogen-bond acceptors (Lipinski definition) is 3. The van der Waals surface area contributed by atoms with E-state index in [2.05, 4.69) is 0 Å². The van der Waals surface area contributed by atoms with E-state index < -0.39 is 21.8 Å². The lowest BCUT2D eigenvalue weighted by atomic mass is 10.1. The van der Waals surface area contributed by atoms with Crippen molar-refractivity contribution in [1.82, 2.24) is 4.31 Å². The first-order chi connectivity index (χ1) is 9.67. The average Bonchev–Trinajstić information content (AvgIpc) is 2.86. The molecule has 21 heavy (non-hydrogen) atoms. The number of nitrogens with two attached hydrogens (primary N) is 1. The van der Waals surface area contributed by atoms with Crippen LogP contribution in [0.3, 0.4) is 0 Å². The fourth-order valence-electron chi connectivity index (χ4n) is 2.54. The minimum Gasteiger partial charge on any atom is -0.329 e. The average molecular weight is 322 g/mol. The molecule has 0 radical (unpaired) electrons. The standard InChI is InChI=1S/C13H17F3N2O2S/c1-9-4-5-10(13(14,15)16)7-12(9)21(19,20)18-6-2-3-11(18)8-17/h4-5,7,11H,2-3,6,8,17H2,1H3. The largest absolute Gasteiger partial charge is 0.416 e. The summed E-state index contributed by atoms with van der Waals surface area (Å²) in [5.41, 5.74) is 4.88. The fourth-order valence-corrected chi connectivity index (χ4v) is 4.50. The van der Waals surface area contributed by atoms with Crippen LogP contribution in [0.15, 0.2) is 23.1 Å². The van der Waals surface area contributed by atoms with E-state index in [0.29, 0.717) is 31.0 Å². The maximum absolute atomic E-state index is 12.8. The van der Waals surface area contributed by atoms with Gasteiger partial charge in [0.2, 0.25) is 10.0 Å². The van der Waals surface area contributed by atoms with Gasteiger partial charge in [-0.1, -0.05) is 6.07 Å². The molecule has 2 rings (SSSR count). The number of aryl methyl sites for hydroxylation is 1. The van der Waals surface area contributed by atoms with Gasteiger partial charge in [0.15, 0.2) is 0 Å². The molecule has 0 aromatic heterocycles. The Kier molecular flexibility index (Phi) is 4.32. The van der Waals surface area contributed by atoms with Crippen LogP contribution in [0, 0.1) is 6.92 Å². The highest BCUT2D eigenvalue weighted by Crippen LogP contribution is 2.34. The smallest absolute Gasteiger partial charge is 0.329 e. The Morgan fingerprint density at radius 3 is 2.62 bits per heavy atom. The maximum Gasteiger partial charge on any atom is 0.416 e. The summed E-state index contributed by atoms with van der Waals surface area (Å²) in [4.78, 5) is -0.294. The number of alkyl halides is 3. The molecule has 4 nitrogen and oxygen atoms in total. The van der Waals surface area contributed by atoms with Gasteiger partial charge in [-0.25, -0.2) is 8.42 Å². The van der Waals surface area contributed by atoms with E-state index in [1.165, 1.54) is 17.3 Å². The Balaban J connectivity index is 2.49. The van der Waals surface area contributed by atoms with Gasteiger partial charge in [-0.2, -0.15) is 17.5 Å². The van der Waals surface area contributed by atoms with Crippen molar-refractivity contribution in [3.63, 3.8) is 0 Å². The fraction of sp³-hybridized carbons (Fsp3) is 0.538. The van der Waals surface area contributed by atoms with Crippen LogP contribution in [-0.4, -0.2) is 31.9 Å². The molecule has 1 aliphatic heterocycles. The SMILES string of the molecule is Cc1ccc(C(F)(F)F)cc1S(=O)(=O)N1CCCC1CN. The Hall–Kier alpha value is -1.12. The first kappa shape index (κ1) is 16.3. The Morgan fingerprint density at radius 2 is 2.05 bits per heavy atom. The van der Waals surface area contributed by atoms with Crippen molar-refractivity contribution < 1.29 is 21.6 Å². The lowest BCUT2D eigenvalue weighted by Crippen LogP contribution is -2.40. The van der Waals surface area contributed by atoms with Crippen LogP contribution in [0.1, 0.15) is 24.0 Å². The first-order valence-corrected chi connectivity index (χ1v) is 8.01. The number of hydrogen-bond donors (Lipinski definition) is 1. The molecule has 1 unspecified atom stereocenters. The molecular weight excluding hydrogens is 305 g/mol. The van der Waals surface area contributed by atoms with Gasteiger partial charge >= 0.3 is 6.18 Å². The molecule has 2 N–H and O–H groups in total. The number of halogens is 3. The van der Waals surface area contributed by atoms with E-state index >= 15 is 0 Å². The molecule has 0 bridgehead atoms. The van der Waals surface area contributed by atoms with Crippen LogP contribution in [0.4, 0.5) is 13.2 Å². The molecule has 1 heterocycles. The van der Waals surface area contributed by atoms with E-state index in [4.69, 9.17) is 5.73 Å². The Bertz CT molecular complexity index is 629. The van der Waals surface area contributed by atoms with Crippen LogP contribution in [0.2, 0.25) is 0 Å². The van der Waals surface area contributed by atoms with Gasteiger partial charge in [-0.05, 0) is 37.5 Å². The van der Waals surface area contributed by atoms with Crippen LogP contribution in [-0.2, 0) is 16.2 Å². The lowest BCUT2D eigenvalue weighted by molar-refractivity contribution is -0.137. The molecule has 1 atom stereocenters. The molecular formula is C13H17F3N2O2S. The van der Waals surface area contributed by atoms with Crippen LogP contribution >= 0.6 is 0 Å². The first-order valence-electron chi connectivity index (χ1n) is 6.57. The van der Waals surface area contributed by atoms with Gasteiger partial charge in [0.05, 0.1) is 10.5 Å². The van der Waals surface area contributed by atoms with E-state index in [1.807, 2.05) is 0 Å². The predicted molar refractivity (Wildman–Crippen MR) is 72.1 cm³/mol. The van der Waals surface area contributed by atoms with Gasteiger partial charge in [0.25, 0.3) is 0 Å². The van der Waals surface area contributed by atoms with Crippen molar-refractivity contribution in [2.24, 2.45) is 5.73 Å². The number of nitrogens with zero attached hydrogens (tertiary/aromatic N) is 1. The highest BCUT2D eigenvalue weighted by molar-refractivity contribution is 7.89. The van der Waals surface area contributed by atoms with E-state index in [9.17, 15) is 21.6 Å². The summed E-state index contributed by atoms with van der Waals surface area (Å²) in [6, 6.07) is 2.43. The van der Waals surface area contributed by atoms with Crippen molar-refractivity contribution in [1.29, 1.82) is 0 Å². The molecule has 1 aromatic carbocycles. The van der Waals surface area contributed by atoms with Gasteiger partial charge < -0.3 is 5.73 Å². The summed E-state index contributed by atoms with van der Waals surface area (Å²) in [6.45, 7) is 1.94. The van der Waals surface area contributed by atoms with Crippen molar-refractivity contribution in [3.8, 4) is 0 Å². The van der Waals surface area contributed by atoms with Crippen LogP contribution in [0.25, 0.3) is 0 Å². The number of benzene rings is 1. The summed E-state index contributed by atoms with van der Waals surface area (Å²) in [5, 5.41) is 0. The molecule has 0 aliphatic carbocycles. The van der Waals surface area contributed by atoms with Crippen molar-refractivity contribution in [2.45, 2.75) is 36.9 Å². The Labute approximate surface area is 121 Å². The van der Waals surface area contributed by atoms with Gasteiger partial charge in [-0.15, -0.1) is 0 Å². The van der Waals surface area contributed by atoms with Crippen molar-refractivity contribution in [3.05, 3.63) is 29.3 Å². The molecule has 1 fully saturated rings. The predicted octanol–water partition coefficient (Wildman–Crippen LogP) is 2.13. The maximum atomic E-state index is 12.8. The van der Waals surface area contributed by atoms with E-state index in [0.717, 1.165) is 6.07 Å². The lowest BCUT2D eigenvalue weighted by Gasteiger charge is -2.24. The molecule has 1 saturated heterocycles. The minimum absolute atomic E-state index is 0.164. The van der Waals surface area contributed by atoms with Crippen LogP contribution in [0.5, 0.6) is 0 Å². The summed E-state index contributed by atoms with van der Waals surface area (Å²) in [5.74, 6) is 0. The van der Waals surface area contributed by atoms with Crippen molar-refractivity contribution in [2.75, 3.05) is 13.1 Å². The highest BCUT2D eigenvalue weighted by Gasteiger charge is 2.37. The number of sulfonamides is 1. The summed E-state index contributed by atoms with van der Waals surface area (Å²) >= 11 is 0. The molecule has 1 aromatic rings. The molecule has 8 heteroatoms. The monoisotopic (exact) mass is 322 g/mol. The molecule has 118 valence electrons. The van der Waals surface area contributed by atoms with Gasteiger partial charge in [0.1, 0.15) is 0 Å². The second-order valence-electron chi connectivity index (χ2n) is 5.13. The topological polar surface area (TPSA) is 63.4 Å². The Morgan fingerprint density at radius 1 is 1.38 bits per heavy atom. The third-order valence-corrected chi connectivity index (χ3v) is 5.79. The minimum atomic E-state index is -4.57. The normalized spacial score (nSPS) is 20.9. The molecule has 0 saturated carbocycles. The van der Waals surface area contributed by atoms with Gasteiger partial charge in [0, 0.05) is 19.1 Å². The quantitative estimate of drug-likeness (QED) is 0.927. The zero-order valence-corrected chi connectivity index (χ0v) is 12.3. The molecule has 0 spiro atoms. The second-order valence-corrected chi connectivity index (χ2v) is 6.98. The second kappa shape index (κ2) is 5.58. The zero-order chi connectivity index (χ0) is 15.8. The summed E-state index contributed by atoms with van der Waals surface area (Å²) in [7, 11) is -3.96. The third-order valence-electron chi connectivity index (χ3n) is 3.70. The van der Waals surface area contributed by atoms with E-state index in [1.54, 1.807) is 0 Å². The summed E-state index contributed by atoms with van der Waals surface area (Å²) in [6.07, 6.45) is -3.27. The van der Waals surface area contributed by atoms with Gasteiger partial charge in [-0.3, -0.25) is 0 Å². The number of rotatable bonds is 3. The van der Waals surface area contributed by atoms with Crippen molar-refractivity contribution >= 4 is 10.0 Å². The summed E-state index contributed by atoms with van der Waals surface area (Å²) < 4.78 is 64.8. The zero-order valence-electron chi connectivity index (χ0n) is 11.5. The third kappa shape index (κ3) is 3.07. The highest BCUT2D eigenvalue weighted by atomic mass is 32.2. The molecule has 0 amide bonds. The van der Waals surface area contributed by atoms with E-state index in [-0.39, 0.29) is 17.5 Å². The van der Waals surface area contributed by atoms with Crippen LogP contribution < -0.4 is 5.73 Å².